The number of aryl methyl sites for hydroxylation is 1. The third-order valence-corrected chi connectivity index (χ3v) is 4.61. The molecule has 0 radical (unpaired) electrons. The van der Waals surface area contributed by atoms with Gasteiger partial charge in [0.1, 0.15) is 0 Å². The Morgan fingerprint density at radius 1 is 1.30 bits per heavy atom. The van der Waals surface area contributed by atoms with Crippen molar-refractivity contribution in [3.05, 3.63) is 5.82 Å². The molecule has 0 saturated heterocycles. The summed E-state index contributed by atoms with van der Waals surface area (Å²) in [6.07, 6.45) is 6.32. The SMILES string of the molecule is CCC1CCC(CNC(C)C)C(Cc2nnn(C)n2)C1. The number of hydrogen-bond donors (Lipinski definition) is 1. The van der Waals surface area contributed by atoms with E-state index < -0.39 is 0 Å². The largest absolute Gasteiger partial charge is 0.314 e. The maximum atomic E-state index is 4.36. The van der Waals surface area contributed by atoms with Crippen LogP contribution in [0.2, 0.25) is 0 Å². The van der Waals surface area contributed by atoms with E-state index in [9.17, 15) is 0 Å². The topological polar surface area (TPSA) is 55.6 Å². The van der Waals surface area contributed by atoms with Crippen LogP contribution in [-0.4, -0.2) is 32.8 Å². The zero-order valence-corrected chi connectivity index (χ0v) is 13.3. The Bertz CT molecular complexity index is 401. The molecule has 1 aromatic rings. The average Bonchev–Trinajstić information content (AvgIpc) is 2.82. The zero-order valence-electron chi connectivity index (χ0n) is 13.3. The first-order valence-electron chi connectivity index (χ1n) is 8.04. The molecule has 0 bridgehead atoms. The molecule has 1 saturated carbocycles. The molecule has 0 amide bonds. The summed E-state index contributed by atoms with van der Waals surface area (Å²) >= 11 is 0. The Morgan fingerprint density at radius 3 is 2.70 bits per heavy atom. The molecule has 5 nitrogen and oxygen atoms in total. The molecule has 0 aliphatic heterocycles. The average molecular weight is 279 g/mol. The Morgan fingerprint density at radius 2 is 2.10 bits per heavy atom. The fourth-order valence-corrected chi connectivity index (χ4v) is 3.34. The first kappa shape index (κ1) is 15.4. The van der Waals surface area contributed by atoms with Gasteiger partial charge in [-0.1, -0.05) is 33.6 Å². The molecule has 1 heterocycles. The van der Waals surface area contributed by atoms with Gasteiger partial charge in [-0.15, -0.1) is 10.2 Å². The third-order valence-electron chi connectivity index (χ3n) is 4.61. The standard InChI is InChI=1S/C15H29N5/c1-5-12-6-7-13(10-16-11(2)3)14(8-12)9-15-17-19-20(4)18-15/h11-14,16H,5-10H2,1-4H3. The first-order valence-corrected chi connectivity index (χ1v) is 8.04. The minimum atomic E-state index is 0.564. The summed E-state index contributed by atoms with van der Waals surface area (Å²) in [5.41, 5.74) is 0. The lowest BCUT2D eigenvalue weighted by Gasteiger charge is -2.36. The molecule has 1 aromatic heterocycles. The molecular weight excluding hydrogens is 250 g/mol. The number of nitrogens with one attached hydrogen (secondary N) is 1. The second-order valence-corrected chi connectivity index (χ2v) is 6.57. The van der Waals surface area contributed by atoms with Gasteiger partial charge < -0.3 is 5.32 Å². The zero-order chi connectivity index (χ0) is 14.5. The molecule has 1 aliphatic carbocycles. The fourth-order valence-electron chi connectivity index (χ4n) is 3.34. The molecular formula is C15H29N5. The van der Waals surface area contributed by atoms with Gasteiger partial charge >= 0.3 is 0 Å². The lowest BCUT2D eigenvalue weighted by molar-refractivity contribution is 0.167. The van der Waals surface area contributed by atoms with Crippen LogP contribution in [0.25, 0.3) is 0 Å². The van der Waals surface area contributed by atoms with Gasteiger partial charge in [0.25, 0.3) is 0 Å². The highest BCUT2D eigenvalue weighted by atomic mass is 15.6. The van der Waals surface area contributed by atoms with Gasteiger partial charge in [-0.05, 0) is 42.4 Å². The molecule has 3 atom stereocenters. The van der Waals surface area contributed by atoms with E-state index in [1.165, 1.54) is 25.7 Å². The monoisotopic (exact) mass is 279 g/mol. The number of hydrogen-bond acceptors (Lipinski definition) is 4. The minimum absolute atomic E-state index is 0.564. The van der Waals surface area contributed by atoms with Crippen molar-refractivity contribution in [3.8, 4) is 0 Å². The highest BCUT2D eigenvalue weighted by Gasteiger charge is 2.30. The number of aromatic nitrogens is 4. The van der Waals surface area contributed by atoms with Gasteiger partial charge in [-0.3, -0.25) is 0 Å². The molecule has 0 aromatic carbocycles. The van der Waals surface area contributed by atoms with Crippen LogP contribution in [0.5, 0.6) is 0 Å². The van der Waals surface area contributed by atoms with E-state index in [2.05, 4.69) is 41.5 Å². The first-order chi connectivity index (χ1) is 9.58. The van der Waals surface area contributed by atoms with Gasteiger partial charge in [-0.2, -0.15) is 4.80 Å². The van der Waals surface area contributed by atoms with E-state index in [1.807, 2.05) is 7.05 Å². The van der Waals surface area contributed by atoms with Crippen LogP contribution < -0.4 is 5.32 Å². The van der Waals surface area contributed by atoms with Crippen LogP contribution in [0.1, 0.15) is 52.3 Å². The van der Waals surface area contributed by atoms with Crippen molar-refractivity contribution >= 4 is 0 Å². The van der Waals surface area contributed by atoms with Crippen LogP contribution in [-0.2, 0) is 13.5 Å². The summed E-state index contributed by atoms with van der Waals surface area (Å²) in [5.74, 6) is 3.24. The number of tetrazole rings is 1. The summed E-state index contributed by atoms with van der Waals surface area (Å²) < 4.78 is 0. The van der Waals surface area contributed by atoms with Crippen LogP contribution >= 0.6 is 0 Å². The lowest BCUT2D eigenvalue weighted by atomic mass is 9.71. The van der Waals surface area contributed by atoms with E-state index in [0.717, 1.165) is 30.6 Å². The molecule has 5 heteroatoms. The molecule has 2 rings (SSSR count). The van der Waals surface area contributed by atoms with Gasteiger partial charge in [0, 0.05) is 12.5 Å². The Labute approximate surface area is 122 Å². The molecule has 114 valence electrons. The third kappa shape index (κ3) is 4.27. The van der Waals surface area contributed by atoms with Crippen molar-refractivity contribution in [3.63, 3.8) is 0 Å². The molecule has 1 fully saturated rings. The van der Waals surface area contributed by atoms with Gasteiger partial charge in [0.05, 0.1) is 7.05 Å². The van der Waals surface area contributed by atoms with Crippen molar-refractivity contribution in [2.75, 3.05) is 6.54 Å². The predicted molar refractivity (Wildman–Crippen MR) is 80.3 cm³/mol. The van der Waals surface area contributed by atoms with Gasteiger partial charge in [-0.25, -0.2) is 0 Å². The Hall–Kier alpha value is -0.970. The Balaban J connectivity index is 1.97. The van der Waals surface area contributed by atoms with Crippen LogP contribution in [0.15, 0.2) is 0 Å². The van der Waals surface area contributed by atoms with Crippen molar-refractivity contribution in [2.24, 2.45) is 24.8 Å². The molecule has 0 spiro atoms. The van der Waals surface area contributed by atoms with Gasteiger partial charge in [0.2, 0.25) is 0 Å². The fraction of sp³-hybridized carbons (Fsp3) is 0.933. The lowest BCUT2D eigenvalue weighted by Crippen LogP contribution is -2.36. The van der Waals surface area contributed by atoms with Crippen LogP contribution in [0.4, 0.5) is 0 Å². The minimum Gasteiger partial charge on any atom is -0.314 e. The van der Waals surface area contributed by atoms with E-state index in [1.54, 1.807) is 4.80 Å². The normalized spacial score (nSPS) is 27.1. The maximum absolute atomic E-state index is 4.36. The second kappa shape index (κ2) is 7.16. The molecule has 3 unspecified atom stereocenters. The number of nitrogens with zero attached hydrogens (tertiary/aromatic N) is 4. The smallest absolute Gasteiger partial charge is 0.175 e. The molecule has 20 heavy (non-hydrogen) atoms. The van der Waals surface area contributed by atoms with E-state index in [4.69, 9.17) is 0 Å². The van der Waals surface area contributed by atoms with Crippen LogP contribution in [0, 0.1) is 17.8 Å². The molecule has 1 N–H and O–H groups in total. The molecule has 1 aliphatic rings. The summed E-state index contributed by atoms with van der Waals surface area (Å²) in [6.45, 7) is 7.88. The quantitative estimate of drug-likeness (QED) is 0.867. The van der Waals surface area contributed by atoms with Crippen molar-refractivity contribution in [1.29, 1.82) is 0 Å². The predicted octanol–water partition coefficient (Wildman–Crippen LogP) is 2.19. The van der Waals surface area contributed by atoms with E-state index in [0.29, 0.717) is 12.0 Å². The number of rotatable bonds is 6. The van der Waals surface area contributed by atoms with E-state index in [-0.39, 0.29) is 0 Å². The van der Waals surface area contributed by atoms with Crippen molar-refractivity contribution in [2.45, 2.75) is 58.9 Å². The van der Waals surface area contributed by atoms with Crippen molar-refractivity contribution < 1.29 is 0 Å². The summed E-state index contributed by atoms with van der Waals surface area (Å²) in [4.78, 5) is 1.57. The maximum Gasteiger partial charge on any atom is 0.175 e. The highest BCUT2D eigenvalue weighted by Crippen LogP contribution is 2.36. The van der Waals surface area contributed by atoms with Gasteiger partial charge in [0.15, 0.2) is 5.82 Å². The second-order valence-electron chi connectivity index (χ2n) is 6.57. The Kier molecular flexibility index (Phi) is 5.52. The summed E-state index contributed by atoms with van der Waals surface area (Å²) in [7, 11) is 1.84. The summed E-state index contributed by atoms with van der Waals surface area (Å²) in [5, 5.41) is 16.1. The van der Waals surface area contributed by atoms with Crippen LogP contribution in [0.3, 0.4) is 0 Å². The van der Waals surface area contributed by atoms with Crippen molar-refractivity contribution in [1.82, 2.24) is 25.5 Å². The summed E-state index contributed by atoms with van der Waals surface area (Å²) in [6, 6.07) is 0.564. The highest BCUT2D eigenvalue weighted by molar-refractivity contribution is 4.89. The van der Waals surface area contributed by atoms with E-state index >= 15 is 0 Å².